The van der Waals surface area contributed by atoms with Gasteiger partial charge in [-0.25, -0.2) is 9.97 Å². The van der Waals surface area contributed by atoms with Crippen molar-refractivity contribution in [2.75, 3.05) is 46.9 Å². The Labute approximate surface area is 163 Å². The summed E-state index contributed by atoms with van der Waals surface area (Å²) in [5, 5.41) is 0. The monoisotopic (exact) mass is 395 g/mol. The number of piperidine rings is 1. The number of fused-ring (bicyclic) bond motifs is 1. The van der Waals surface area contributed by atoms with E-state index in [2.05, 4.69) is 44.8 Å². The normalized spacial score (nSPS) is 25.2. The molecule has 0 spiro atoms. The van der Waals surface area contributed by atoms with Crippen molar-refractivity contribution in [3.8, 4) is 0 Å². The Morgan fingerprint density at radius 1 is 1.27 bits per heavy atom. The zero-order valence-electron chi connectivity index (χ0n) is 15.3. The molecule has 0 aliphatic carbocycles. The maximum atomic E-state index is 6.32. The average Bonchev–Trinajstić information content (AvgIpc) is 3.06. The largest absolute Gasteiger partial charge is 0.360 e. The van der Waals surface area contributed by atoms with Gasteiger partial charge in [0.2, 0.25) is 0 Å². The molecule has 2 fully saturated rings. The third-order valence-electron chi connectivity index (χ3n) is 5.45. The summed E-state index contributed by atoms with van der Waals surface area (Å²) in [6, 6.07) is 2.90. The van der Waals surface area contributed by atoms with Crippen LogP contribution in [0.2, 0.25) is 0 Å². The van der Waals surface area contributed by atoms with Gasteiger partial charge >= 0.3 is 0 Å². The first-order valence-electron chi connectivity index (χ1n) is 9.21. The first-order valence-corrected chi connectivity index (χ1v) is 10.5. The van der Waals surface area contributed by atoms with Crippen LogP contribution in [0.4, 0.5) is 0 Å². The predicted octanol–water partition coefficient (Wildman–Crippen LogP) is 2.61. The summed E-state index contributed by atoms with van der Waals surface area (Å²) < 4.78 is 6.71. The minimum atomic E-state index is -0.236. The van der Waals surface area contributed by atoms with Crippen LogP contribution in [0.1, 0.15) is 23.9 Å². The molecule has 4 rings (SSSR count). The fourth-order valence-electron chi connectivity index (χ4n) is 4.02. The number of hydrogen-bond donors (Lipinski definition) is 0. The van der Waals surface area contributed by atoms with Crippen LogP contribution in [0.5, 0.6) is 0 Å². The molecule has 2 aliphatic heterocycles. The molecule has 4 heterocycles. The molecule has 0 N–H and O–H groups in total. The second-order valence-corrected chi connectivity index (χ2v) is 8.90. The molecular formula is C18H26ClN5OS. The highest BCUT2D eigenvalue weighted by Crippen LogP contribution is 2.36. The number of hydrogen-bond acceptors (Lipinski definition) is 7. The number of nitrogens with zero attached hydrogens (tertiary/aromatic N) is 5. The van der Waals surface area contributed by atoms with E-state index in [0.29, 0.717) is 12.6 Å². The van der Waals surface area contributed by atoms with E-state index in [4.69, 9.17) is 16.3 Å². The standard InChI is InChI=1S/C18H26ClN5OS/c1-22(2)13-3-5-23(6-4-13)18(24-7-8-25-17(19)11-24)15-9-14-16(26-15)10-20-12-21-14/h9-10,12-13,17-18H,3-8,11H2,1-2H3. The van der Waals surface area contributed by atoms with Crippen LogP contribution in [0.25, 0.3) is 10.2 Å². The minimum absolute atomic E-state index is 0.236. The maximum Gasteiger partial charge on any atom is 0.143 e. The van der Waals surface area contributed by atoms with E-state index >= 15 is 0 Å². The number of likely N-dealkylation sites (tertiary alicyclic amines) is 1. The Morgan fingerprint density at radius 2 is 2.08 bits per heavy atom. The van der Waals surface area contributed by atoms with Gasteiger partial charge in [-0.1, -0.05) is 11.6 Å². The van der Waals surface area contributed by atoms with E-state index in [1.807, 2.05) is 6.20 Å². The van der Waals surface area contributed by atoms with E-state index in [-0.39, 0.29) is 11.7 Å². The second-order valence-electron chi connectivity index (χ2n) is 7.30. The van der Waals surface area contributed by atoms with Crippen LogP contribution in [0.3, 0.4) is 0 Å². The summed E-state index contributed by atoms with van der Waals surface area (Å²) in [5.74, 6) is 0. The van der Waals surface area contributed by atoms with Crippen LogP contribution >= 0.6 is 22.9 Å². The zero-order valence-corrected chi connectivity index (χ0v) is 16.9. The first-order chi connectivity index (χ1) is 12.6. The Kier molecular flexibility index (Phi) is 5.73. The number of alkyl halides is 1. The average molecular weight is 396 g/mol. The molecule has 2 atom stereocenters. The zero-order chi connectivity index (χ0) is 18.1. The van der Waals surface area contributed by atoms with Crippen molar-refractivity contribution in [3.05, 3.63) is 23.5 Å². The van der Waals surface area contributed by atoms with Crippen molar-refractivity contribution < 1.29 is 4.74 Å². The molecule has 0 bridgehead atoms. The van der Waals surface area contributed by atoms with E-state index < -0.39 is 0 Å². The van der Waals surface area contributed by atoms with E-state index in [1.54, 1.807) is 17.7 Å². The van der Waals surface area contributed by atoms with Gasteiger partial charge < -0.3 is 9.64 Å². The fraction of sp³-hybridized carbons (Fsp3) is 0.667. The SMILES string of the molecule is CN(C)C1CCN(C(c2cc3ncncc3s2)N2CCOC(Cl)C2)CC1. The van der Waals surface area contributed by atoms with Gasteiger partial charge in [0, 0.05) is 43.3 Å². The molecule has 2 unspecified atom stereocenters. The molecule has 2 aromatic heterocycles. The highest BCUT2D eigenvalue weighted by Gasteiger charge is 2.34. The van der Waals surface area contributed by atoms with Crippen molar-refractivity contribution in [3.63, 3.8) is 0 Å². The van der Waals surface area contributed by atoms with Crippen LogP contribution in [0, 0.1) is 0 Å². The van der Waals surface area contributed by atoms with Gasteiger partial charge in [-0.05, 0) is 33.0 Å². The summed E-state index contributed by atoms with van der Waals surface area (Å²) in [6.07, 6.45) is 6.17. The Balaban J connectivity index is 1.61. The highest BCUT2D eigenvalue weighted by molar-refractivity contribution is 7.19. The van der Waals surface area contributed by atoms with E-state index in [0.717, 1.165) is 36.4 Å². The van der Waals surface area contributed by atoms with Gasteiger partial charge in [-0.3, -0.25) is 9.80 Å². The lowest BCUT2D eigenvalue weighted by Crippen LogP contribution is -2.51. The van der Waals surface area contributed by atoms with Crippen molar-refractivity contribution in [2.24, 2.45) is 0 Å². The topological polar surface area (TPSA) is 44.7 Å². The van der Waals surface area contributed by atoms with Gasteiger partial charge in [0.25, 0.3) is 0 Å². The smallest absolute Gasteiger partial charge is 0.143 e. The van der Waals surface area contributed by atoms with Crippen LogP contribution in [-0.4, -0.2) is 83.2 Å². The fourth-order valence-corrected chi connectivity index (χ4v) is 5.44. The summed E-state index contributed by atoms with van der Waals surface area (Å²) in [5.41, 5.74) is 0.795. The second kappa shape index (κ2) is 8.04. The molecule has 0 radical (unpaired) electrons. The molecular weight excluding hydrogens is 370 g/mol. The Morgan fingerprint density at radius 3 is 2.77 bits per heavy atom. The Hall–Kier alpha value is -0.830. The van der Waals surface area contributed by atoms with Crippen LogP contribution in [0.15, 0.2) is 18.6 Å². The Bertz CT molecular complexity index is 700. The van der Waals surface area contributed by atoms with Gasteiger partial charge in [0.05, 0.1) is 23.0 Å². The number of thiophene rings is 1. The van der Waals surface area contributed by atoms with E-state index in [9.17, 15) is 0 Å². The van der Waals surface area contributed by atoms with Crippen molar-refractivity contribution in [2.45, 2.75) is 30.6 Å². The molecule has 8 heteroatoms. The molecule has 2 aliphatic rings. The summed E-state index contributed by atoms with van der Waals surface area (Å²) >= 11 is 8.12. The van der Waals surface area contributed by atoms with Crippen molar-refractivity contribution in [1.82, 2.24) is 24.7 Å². The highest BCUT2D eigenvalue weighted by atomic mass is 35.5. The maximum absolute atomic E-state index is 6.32. The van der Waals surface area contributed by atoms with Gasteiger partial charge in [0.1, 0.15) is 11.9 Å². The summed E-state index contributed by atoms with van der Waals surface area (Å²) in [7, 11) is 4.37. The lowest BCUT2D eigenvalue weighted by molar-refractivity contribution is -0.0567. The minimum Gasteiger partial charge on any atom is -0.360 e. The molecule has 26 heavy (non-hydrogen) atoms. The molecule has 0 aromatic carbocycles. The van der Waals surface area contributed by atoms with Gasteiger partial charge in [0.15, 0.2) is 0 Å². The third kappa shape index (κ3) is 3.88. The van der Waals surface area contributed by atoms with Crippen LogP contribution < -0.4 is 0 Å². The molecule has 142 valence electrons. The predicted molar refractivity (Wildman–Crippen MR) is 106 cm³/mol. The molecule has 2 saturated heterocycles. The van der Waals surface area contributed by atoms with Crippen molar-refractivity contribution in [1.29, 1.82) is 0 Å². The van der Waals surface area contributed by atoms with Crippen LogP contribution in [-0.2, 0) is 4.74 Å². The lowest BCUT2D eigenvalue weighted by atomic mass is 10.0. The summed E-state index contributed by atoms with van der Waals surface area (Å²) in [6.45, 7) is 4.53. The van der Waals surface area contributed by atoms with Gasteiger partial charge in [-0.2, -0.15) is 0 Å². The van der Waals surface area contributed by atoms with Crippen molar-refractivity contribution >= 4 is 33.2 Å². The molecule has 2 aromatic rings. The molecule has 0 amide bonds. The number of morpholine rings is 1. The molecule has 0 saturated carbocycles. The van der Waals surface area contributed by atoms with E-state index in [1.165, 1.54) is 17.7 Å². The number of ether oxygens (including phenoxy) is 1. The molecule has 6 nitrogen and oxygen atoms in total. The lowest BCUT2D eigenvalue weighted by Gasteiger charge is -2.45. The number of halogens is 1. The number of aromatic nitrogens is 2. The van der Waals surface area contributed by atoms with Gasteiger partial charge in [-0.15, -0.1) is 11.3 Å². The summed E-state index contributed by atoms with van der Waals surface area (Å²) in [4.78, 5) is 17.4. The third-order valence-corrected chi connectivity index (χ3v) is 6.81. The quantitative estimate of drug-likeness (QED) is 0.741. The first kappa shape index (κ1) is 18.5. The number of rotatable bonds is 4.